The molecule has 0 spiro atoms. The Hall–Kier alpha value is -2.08. The van der Waals surface area contributed by atoms with Crippen molar-refractivity contribution in [3.63, 3.8) is 0 Å². The van der Waals surface area contributed by atoms with Crippen molar-refractivity contribution in [2.24, 2.45) is 0 Å². The third-order valence-electron chi connectivity index (χ3n) is 2.82. The molecule has 21 heavy (non-hydrogen) atoms. The summed E-state index contributed by atoms with van der Waals surface area (Å²) in [6, 6.07) is 5.06. The summed E-state index contributed by atoms with van der Waals surface area (Å²) in [5.41, 5.74) is 1.10. The Morgan fingerprint density at radius 2 is 2.29 bits per heavy atom. The largest absolute Gasteiger partial charge is 0.496 e. The summed E-state index contributed by atoms with van der Waals surface area (Å²) in [5.74, 6) is 1.19. The van der Waals surface area contributed by atoms with Crippen molar-refractivity contribution in [2.75, 3.05) is 13.7 Å². The lowest BCUT2D eigenvalue weighted by Crippen LogP contribution is -2.23. The fourth-order valence-electron chi connectivity index (χ4n) is 1.78. The molecule has 112 valence electrons. The van der Waals surface area contributed by atoms with Gasteiger partial charge in [-0.15, -0.1) is 11.6 Å². The average molecular weight is 310 g/mol. The molecule has 0 fully saturated rings. The lowest BCUT2D eigenvalue weighted by molar-refractivity contribution is 0.0953. The van der Waals surface area contributed by atoms with Crippen LogP contribution >= 0.6 is 11.6 Å². The van der Waals surface area contributed by atoms with Gasteiger partial charge in [0.2, 0.25) is 11.7 Å². The number of carbonyl (C=O) groups excluding carboxylic acids is 1. The molecule has 0 radical (unpaired) electrons. The van der Waals surface area contributed by atoms with Crippen LogP contribution in [-0.2, 0) is 5.88 Å². The standard InChI is InChI=1S/C14H16ClN3O3/c1-3-6-16-14(19)9-4-5-11(20-2)10(7-9)13-17-12(8-15)21-18-13/h4-5,7H,3,6,8H2,1-2H3,(H,16,19). The molecule has 0 atom stereocenters. The fraction of sp³-hybridized carbons (Fsp3) is 0.357. The molecule has 0 unspecified atom stereocenters. The summed E-state index contributed by atoms with van der Waals surface area (Å²) >= 11 is 5.65. The first-order chi connectivity index (χ1) is 10.2. The second-order valence-electron chi connectivity index (χ2n) is 4.32. The predicted molar refractivity (Wildman–Crippen MR) is 78.5 cm³/mol. The van der Waals surface area contributed by atoms with E-state index >= 15 is 0 Å². The van der Waals surface area contributed by atoms with Crippen LogP contribution in [0.4, 0.5) is 0 Å². The van der Waals surface area contributed by atoms with Crippen LogP contribution < -0.4 is 10.1 Å². The van der Waals surface area contributed by atoms with Gasteiger partial charge in [-0.1, -0.05) is 12.1 Å². The number of hydrogen-bond acceptors (Lipinski definition) is 5. The van der Waals surface area contributed by atoms with Crippen molar-refractivity contribution < 1.29 is 14.1 Å². The number of methoxy groups -OCH3 is 1. The maximum Gasteiger partial charge on any atom is 0.251 e. The van der Waals surface area contributed by atoms with Crippen molar-refractivity contribution in [1.82, 2.24) is 15.5 Å². The van der Waals surface area contributed by atoms with Gasteiger partial charge in [-0.2, -0.15) is 4.98 Å². The van der Waals surface area contributed by atoms with Gasteiger partial charge >= 0.3 is 0 Å². The molecule has 1 amide bonds. The van der Waals surface area contributed by atoms with Gasteiger partial charge in [-0.25, -0.2) is 0 Å². The number of hydrogen-bond donors (Lipinski definition) is 1. The summed E-state index contributed by atoms with van der Waals surface area (Å²) in [5, 5.41) is 6.66. The quantitative estimate of drug-likeness (QED) is 0.830. The van der Waals surface area contributed by atoms with E-state index in [4.69, 9.17) is 20.9 Å². The normalized spacial score (nSPS) is 10.4. The third-order valence-corrected chi connectivity index (χ3v) is 3.05. The summed E-state index contributed by atoms with van der Waals surface area (Å²) in [6.07, 6.45) is 0.874. The van der Waals surface area contributed by atoms with E-state index in [1.165, 1.54) is 7.11 Å². The van der Waals surface area contributed by atoms with E-state index < -0.39 is 0 Å². The summed E-state index contributed by atoms with van der Waals surface area (Å²) in [6.45, 7) is 2.62. The van der Waals surface area contributed by atoms with Gasteiger partial charge in [0.1, 0.15) is 11.6 Å². The minimum atomic E-state index is -0.151. The number of nitrogens with one attached hydrogen (secondary N) is 1. The Balaban J connectivity index is 2.36. The van der Waals surface area contributed by atoms with Gasteiger partial charge in [0.25, 0.3) is 5.91 Å². The molecule has 0 aliphatic carbocycles. The van der Waals surface area contributed by atoms with Crippen molar-refractivity contribution in [3.8, 4) is 17.1 Å². The van der Waals surface area contributed by atoms with Crippen LogP contribution in [0.25, 0.3) is 11.4 Å². The Bertz CT molecular complexity index is 628. The zero-order chi connectivity index (χ0) is 15.2. The van der Waals surface area contributed by atoms with Crippen LogP contribution in [0, 0.1) is 0 Å². The van der Waals surface area contributed by atoms with E-state index in [-0.39, 0.29) is 11.8 Å². The van der Waals surface area contributed by atoms with Gasteiger partial charge in [0.05, 0.1) is 12.7 Å². The molecule has 0 saturated heterocycles. The van der Waals surface area contributed by atoms with Crippen LogP contribution in [0.3, 0.4) is 0 Å². The fourth-order valence-corrected chi connectivity index (χ4v) is 1.89. The van der Waals surface area contributed by atoms with Gasteiger partial charge in [0.15, 0.2) is 0 Å². The molecule has 7 heteroatoms. The van der Waals surface area contributed by atoms with Gasteiger partial charge < -0.3 is 14.6 Å². The van der Waals surface area contributed by atoms with E-state index in [0.717, 1.165) is 6.42 Å². The molecule has 2 rings (SSSR count). The van der Waals surface area contributed by atoms with E-state index in [0.29, 0.717) is 35.1 Å². The van der Waals surface area contributed by atoms with Crippen molar-refractivity contribution in [2.45, 2.75) is 19.2 Å². The second kappa shape index (κ2) is 7.08. The number of rotatable bonds is 6. The Morgan fingerprint density at radius 3 is 2.90 bits per heavy atom. The molecule has 1 aromatic heterocycles. The van der Waals surface area contributed by atoms with Gasteiger partial charge in [-0.3, -0.25) is 4.79 Å². The molecule has 2 aromatic rings. The minimum Gasteiger partial charge on any atom is -0.496 e. The van der Waals surface area contributed by atoms with Crippen LogP contribution in [-0.4, -0.2) is 29.7 Å². The molecule has 0 aliphatic rings. The highest BCUT2D eigenvalue weighted by Crippen LogP contribution is 2.29. The molecule has 0 aliphatic heterocycles. The Kier molecular flexibility index (Phi) is 5.16. The maximum absolute atomic E-state index is 12.0. The van der Waals surface area contributed by atoms with Crippen molar-refractivity contribution in [3.05, 3.63) is 29.7 Å². The molecule has 1 N–H and O–H groups in total. The number of ether oxygens (including phenoxy) is 1. The average Bonchev–Trinajstić information content (AvgIpc) is 3.00. The smallest absolute Gasteiger partial charge is 0.251 e. The monoisotopic (exact) mass is 309 g/mol. The number of alkyl halides is 1. The summed E-state index contributed by atoms with van der Waals surface area (Å²) < 4.78 is 10.3. The van der Waals surface area contributed by atoms with E-state index in [1.54, 1.807) is 18.2 Å². The molecular weight excluding hydrogens is 294 g/mol. The number of carbonyl (C=O) groups is 1. The highest BCUT2D eigenvalue weighted by molar-refractivity contribution is 6.16. The van der Waals surface area contributed by atoms with Crippen molar-refractivity contribution >= 4 is 17.5 Å². The molecule has 1 aromatic carbocycles. The maximum atomic E-state index is 12.0. The summed E-state index contributed by atoms with van der Waals surface area (Å²) in [4.78, 5) is 16.2. The van der Waals surface area contributed by atoms with Crippen LogP contribution in [0.15, 0.2) is 22.7 Å². The molecule has 0 bridgehead atoms. The predicted octanol–water partition coefficient (Wildman–Crippen LogP) is 2.62. The van der Waals surface area contributed by atoms with E-state index in [2.05, 4.69) is 15.5 Å². The molecular formula is C14H16ClN3O3. The number of benzene rings is 1. The highest BCUT2D eigenvalue weighted by atomic mass is 35.5. The minimum absolute atomic E-state index is 0.131. The number of halogens is 1. The van der Waals surface area contributed by atoms with E-state index in [1.807, 2.05) is 6.92 Å². The zero-order valence-electron chi connectivity index (χ0n) is 11.9. The molecule has 0 saturated carbocycles. The highest BCUT2D eigenvalue weighted by Gasteiger charge is 2.16. The first-order valence-electron chi connectivity index (χ1n) is 6.54. The zero-order valence-corrected chi connectivity index (χ0v) is 12.6. The first-order valence-corrected chi connectivity index (χ1v) is 7.08. The summed E-state index contributed by atoms with van der Waals surface area (Å²) in [7, 11) is 1.54. The number of aromatic nitrogens is 2. The first kappa shape index (κ1) is 15.3. The van der Waals surface area contributed by atoms with Gasteiger partial charge in [0, 0.05) is 12.1 Å². The molecule has 6 nitrogen and oxygen atoms in total. The van der Waals surface area contributed by atoms with Gasteiger partial charge in [-0.05, 0) is 24.6 Å². The number of nitrogens with zero attached hydrogens (tertiary/aromatic N) is 2. The molecule has 1 heterocycles. The Labute approximate surface area is 127 Å². The SMILES string of the molecule is CCCNC(=O)c1ccc(OC)c(-c2noc(CCl)n2)c1. The second-order valence-corrected chi connectivity index (χ2v) is 4.58. The van der Waals surface area contributed by atoms with Crippen LogP contribution in [0.5, 0.6) is 5.75 Å². The third kappa shape index (κ3) is 3.52. The number of amides is 1. The van der Waals surface area contributed by atoms with Crippen LogP contribution in [0.1, 0.15) is 29.6 Å². The lowest BCUT2D eigenvalue weighted by Gasteiger charge is -2.08. The topological polar surface area (TPSA) is 77.2 Å². The lowest BCUT2D eigenvalue weighted by atomic mass is 10.1. The van der Waals surface area contributed by atoms with Crippen LogP contribution in [0.2, 0.25) is 0 Å². The van der Waals surface area contributed by atoms with Crippen molar-refractivity contribution in [1.29, 1.82) is 0 Å². The van der Waals surface area contributed by atoms with E-state index in [9.17, 15) is 4.79 Å². The Morgan fingerprint density at radius 1 is 1.48 bits per heavy atom.